The summed E-state index contributed by atoms with van der Waals surface area (Å²) >= 11 is 0. The molecule has 1 aliphatic heterocycles. The van der Waals surface area contributed by atoms with Crippen LogP contribution in [0.25, 0.3) is 11.0 Å². The van der Waals surface area contributed by atoms with Crippen molar-refractivity contribution in [1.82, 2.24) is 9.13 Å². The van der Waals surface area contributed by atoms with Gasteiger partial charge in [-0.2, -0.15) is 0 Å². The third kappa shape index (κ3) is 1.98. The Morgan fingerprint density at radius 3 is 2.60 bits per heavy atom. The molecule has 5 heteroatoms. The van der Waals surface area contributed by atoms with Crippen molar-refractivity contribution in [2.24, 2.45) is 14.1 Å². The number of aliphatic hydroxyl groups excluding tert-OH is 1. The number of aromatic nitrogens is 2. The first-order valence-corrected chi connectivity index (χ1v) is 6.98. The number of rotatable bonds is 2. The van der Waals surface area contributed by atoms with Gasteiger partial charge in [-0.05, 0) is 37.5 Å². The molecule has 3 rings (SSSR count). The van der Waals surface area contributed by atoms with Crippen molar-refractivity contribution in [3.63, 3.8) is 0 Å². The van der Waals surface area contributed by atoms with E-state index in [4.69, 9.17) is 4.74 Å². The van der Waals surface area contributed by atoms with E-state index in [0.29, 0.717) is 0 Å². The fourth-order valence-electron chi connectivity index (χ4n) is 2.99. The Balaban J connectivity index is 2.01. The van der Waals surface area contributed by atoms with Crippen LogP contribution in [0.15, 0.2) is 23.0 Å². The molecule has 0 aliphatic carbocycles. The maximum absolute atomic E-state index is 11.9. The predicted octanol–water partition coefficient (Wildman–Crippen LogP) is 1.48. The maximum atomic E-state index is 11.9. The van der Waals surface area contributed by atoms with Crippen LogP contribution in [-0.2, 0) is 18.8 Å². The molecule has 5 nitrogen and oxygen atoms in total. The molecule has 0 spiro atoms. The Hall–Kier alpha value is -1.59. The van der Waals surface area contributed by atoms with Crippen molar-refractivity contribution in [1.29, 1.82) is 0 Å². The van der Waals surface area contributed by atoms with Crippen LogP contribution in [0.3, 0.4) is 0 Å². The molecule has 1 aromatic carbocycles. The minimum Gasteiger partial charge on any atom is -0.386 e. The number of fused-ring (bicyclic) bond motifs is 1. The summed E-state index contributed by atoms with van der Waals surface area (Å²) in [7, 11) is 3.50. The lowest BCUT2D eigenvalue weighted by Gasteiger charge is -2.19. The van der Waals surface area contributed by atoms with Crippen LogP contribution < -0.4 is 5.69 Å². The second-order valence-corrected chi connectivity index (χ2v) is 5.66. The van der Waals surface area contributed by atoms with Gasteiger partial charge in [-0.3, -0.25) is 9.13 Å². The first-order chi connectivity index (χ1) is 9.49. The summed E-state index contributed by atoms with van der Waals surface area (Å²) in [5.74, 6) is 0. The molecular formula is C15H20N2O3. The van der Waals surface area contributed by atoms with Gasteiger partial charge in [0.25, 0.3) is 0 Å². The lowest BCUT2D eigenvalue weighted by molar-refractivity contribution is -0.0297. The zero-order valence-electron chi connectivity index (χ0n) is 12.0. The first-order valence-electron chi connectivity index (χ1n) is 6.98. The standard InChI is InChI=1S/C15H20N2O3/c1-9-4-7-13(20-9)14(18)10-5-6-11-12(8-10)17(3)15(19)16(11)2/h5-6,8-9,13-14,18H,4,7H2,1-3H3. The summed E-state index contributed by atoms with van der Waals surface area (Å²) in [5.41, 5.74) is 2.45. The smallest absolute Gasteiger partial charge is 0.328 e. The second-order valence-electron chi connectivity index (χ2n) is 5.66. The van der Waals surface area contributed by atoms with Gasteiger partial charge in [0, 0.05) is 14.1 Å². The average Bonchev–Trinajstić information content (AvgIpc) is 2.97. The van der Waals surface area contributed by atoms with E-state index in [-0.39, 0.29) is 17.9 Å². The number of nitrogens with zero attached hydrogens (tertiary/aromatic N) is 2. The summed E-state index contributed by atoms with van der Waals surface area (Å²) in [6.07, 6.45) is 1.27. The molecule has 0 radical (unpaired) electrons. The van der Waals surface area contributed by atoms with Crippen LogP contribution in [0, 0.1) is 0 Å². The van der Waals surface area contributed by atoms with Crippen molar-refractivity contribution < 1.29 is 9.84 Å². The number of hydrogen-bond donors (Lipinski definition) is 1. The van der Waals surface area contributed by atoms with Gasteiger partial charge in [0.2, 0.25) is 0 Å². The van der Waals surface area contributed by atoms with Crippen molar-refractivity contribution in [2.45, 2.75) is 38.1 Å². The molecule has 0 amide bonds. The third-order valence-corrected chi connectivity index (χ3v) is 4.25. The van der Waals surface area contributed by atoms with Gasteiger partial charge in [-0.15, -0.1) is 0 Å². The van der Waals surface area contributed by atoms with Crippen LogP contribution >= 0.6 is 0 Å². The van der Waals surface area contributed by atoms with Gasteiger partial charge in [0.1, 0.15) is 6.10 Å². The van der Waals surface area contributed by atoms with Gasteiger partial charge in [-0.25, -0.2) is 4.79 Å². The summed E-state index contributed by atoms with van der Waals surface area (Å²) in [4.78, 5) is 11.9. The fraction of sp³-hybridized carbons (Fsp3) is 0.533. The van der Waals surface area contributed by atoms with Crippen LogP contribution in [0.4, 0.5) is 0 Å². The quantitative estimate of drug-likeness (QED) is 0.904. The molecule has 1 N–H and O–H groups in total. The Labute approximate surface area is 117 Å². The van der Waals surface area contributed by atoms with E-state index in [0.717, 1.165) is 29.4 Å². The van der Waals surface area contributed by atoms with Gasteiger partial charge < -0.3 is 9.84 Å². The van der Waals surface area contributed by atoms with E-state index in [1.165, 1.54) is 0 Å². The third-order valence-electron chi connectivity index (χ3n) is 4.25. The highest BCUT2D eigenvalue weighted by atomic mass is 16.5. The number of imidazole rings is 1. The highest BCUT2D eigenvalue weighted by Gasteiger charge is 2.29. The van der Waals surface area contributed by atoms with E-state index in [9.17, 15) is 9.90 Å². The molecule has 1 aliphatic rings. The number of ether oxygens (including phenoxy) is 1. The average molecular weight is 276 g/mol. The van der Waals surface area contributed by atoms with Gasteiger partial charge in [0.05, 0.1) is 23.2 Å². The van der Waals surface area contributed by atoms with E-state index in [2.05, 4.69) is 0 Å². The number of aryl methyl sites for hydroxylation is 2. The predicted molar refractivity (Wildman–Crippen MR) is 76.7 cm³/mol. The highest BCUT2D eigenvalue weighted by molar-refractivity contribution is 5.77. The van der Waals surface area contributed by atoms with Gasteiger partial charge in [-0.1, -0.05) is 6.07 Å². The zero-order chi connectivity index (χ0) is 14.4. The molecule has 2 aromatic rings. The molecule has 108 valence electrons. The molecule has 0 saturated carbocycles. The van der Waals surface area contributed by atoms with Crippen LogP contribution in [0.2, 0.25) is 0 Å². The van der Waals surface area contributed by atoms with Crippen molar-refractivity contribution in [3.8, 4) is 0 Å². The summed E-state index contributed by atoms with van der Waals surface area (Å²) in [5, 5.41) is 10.4. The summed E-state index contributed by atoms with van der Waals surface area (Å²) in [6.45, 7) is 2.02. The van der Waals surface area contributed by atoms with E-state index in [1.54, 1.807) is 23.2 Å². The molecule has 3 unspecified atom stereocenters. The molecule has 20 heavy (non-hydrogen) atoms. The van der Waals surface area contributed by atoms with E-state index < -0.39 is 6.10 Å². The molecule has 1 fully saturated rings. The fourth-order valence-corrected chi connectivity index (χ4v) is 2.99. The van der Waals surface area contributed by atoms with Crippen molar-refractivity contribution in [2.75, 3.05) is 0 Å². The van der Waals surface area contributed by atoms with Crippen LogP contribution in [0.1, 0.15) is 31.4 Å². The van der Waals surface area contributed by atoms with E-state index >= 15 is 0 Å². The van der Waals surface area contributed by atoms with Crippen LogP contribution in [-0.4, -0.2) is 26.4 Å². The lowest BCUT2D eigenvalue weighted by atomic mass is 10.0. The van der Waals surface area contributed by atoms with E-state index in [1.807, 2.05) is 25.1 Å². The SMILES string of the molecule is CC1CCC(C(O)c2ccc3c(c2)n(C)c(=O)n3C)O1. The zero-order valence-corrected chi connectivity index (χ0v) is 12.0. The first kappa shape index (κ1) is 13.4. The molecule has 0 bridgehead atoms. The summed E-state index contributed by atoms with van der Waals surface area (Å²) < 4.78 is 8.94. The van der Waals surface area contributed by atoms with Gasteiger partial charge >= 0.3 is 5.69 Å². The highest BCUT2D eigenvalue weighted by Crippen LogP contribution is 2.31. The minimum absolute atomic E-state index is 0.0580. The van der Waals surface area contributed by atoms with Crippen LogP contribution in [0.5, 0.6) is 0 Å². The number of aliphatic hydroxyl groups is 1. The number of benzene rings is 1. The molecule has 1 aromatic heterocycles. The Kier molecular flexibility index (Phi) is 3.18. The Morgan fingerprint density at radius 1 is 1.25 bits per heavy atom. The Bertz CT molecular complexity index is 701. The molecule has 2 heterocycles. The minimum atomic E-state index is -0.639. The molecule has 3 atom stereocenters. The number of hydrogen-bond acceptors (Lipinski definition) is 3. The molecule has 1 saturated heterocycles. The monoisotopic (exact) mass is 276 g/mol. The summed E-state index contributed by atoms with van der Waals surface area (Å²) in [6, 6.07) is 5.64. The normalized spacial score (nSPS) is 24.4. The second kappa shape index (κ2) is 4.75. The Morgan fingerprint density at radius 2 is 1.95 bits per heavy atom. The van der Waals surface area contributed by atoms with Crippen molar-refractivity contribution >= 4 is 11.0 Å². The lowest BCUT2D eigenvalue weighted by Crippen LogP contribution is -2.19. The largest absolute Gasteiger partial charge is 0.386 e. The molecular weight excluding hydrogens is 256 g/mol. The van der Waals surface area contributed by atoms with Crippen molar-refractivity contribution in [3.05, 3.63) is 34.2 Å². The van der Waals surface area contributed by atoms with Gasteiger partial charge in [0.15, 0.2) is 0 Å². The maximum Gasteiger partial charge on any atom is 0.328 e. The topological polar surface area (TPSA) is 56.4 Å².